The number of likely N-dealkylation sites (N-methyl/N-ethyl adjacent to an activating group) is 1. The minimum absolute atomic E-state index is 0.0725. The number of anilines is 1. The number of amides is 1. The molecule has 1 aliphatic rings. The lowest BCUT2D eigenvalue weighted by atomic mass is 10.1. The molecule has 1 aliphatic heterocycles. The number of oxazole rings is 1. The summed E-state index contributed by atoms with van der Waals surface area (Å²) in [5, 5.41) is 4.05. The van der Waals surface area contributed by atoms with Crippen molar-refractivity contribution in [3.8, 4) is 0 Å². The predicted octanol–water partition coefficient (Wildman–Crippen LogP) is 2.90. The van der Waals surface area contributed by atoms with Gasteiger partial charge in [0.1, 0.15) is 0 Å². The number of aromatic amines is 1. The van der Waals surface area contributed by atoms with Crippen molar-refractivity contribution >= 4 is 22.8 Å². The molecule has 2 N–H and O–H groups in total. The second kappa shape index (κ2) is 8.43. The molecule has 7 nitrogen and oxygen atoms in total. The Balaban J connectivity index is 1.38. The maximum Gasteiger partial charge on any atom is 0.298 e. The van der Waals surface area contributed by atoms with E-state index < -0.39 is 12.5 Å². The van der Waals surface area contributed by atoms with Gasteiger partial charge in [0.2, 0.25) is 5.76 Å². The Morgan fingerprint density at radius 3 is 2.97 bits per heavy atom. The molecule has 0 radical (unpaired) electrons. The van der Waals surface area contributed by atoms with Crippen molar-refractivity contribution < 1.29 is 18.0 Å². The van der Waals surface area contributed by atoms with Crippen molar-refractivity contribution in [2.24, 2.45) is 0 Å². The molecule has 1 amide bonds. The van der Waals surface area contributed by atoms with Crippen LogP contribution in [0.3, 0.4) is 0 Å². The molecule has 0 aliphatic carbocycles. The molecule has 9 heteroatoms. The van der Waals surface area contributed by atoms with Gasteiger partial charge < -0.3 is 19.6 Å². The molecule has 2 atom stereocenters. The average molecular weight is 417 g/mol. The number of alkyl halides is 2. The highest BCUT2D eigenvalue weighted by Crippen LogP contribution is 2.22. The summed E-state index contributed by atoms with van der Waals surface area (Å²) in [5.41, 5.74) is 2.17. The maximum absolute atomic E-state index is 13.2. The van der Waals surface area contributed by atoms with Crippen LogP contribution in [0.15, 0.2) is 41.1 Å². The number of benzene rings is 1. The molecular formula is C21H25F2N5O2. The molecule has 3 heterocycles. The highest BCUT2D eigenvalue weighted by atomic mass is 19.3. The standard InChI is InChI=1S/C21H25F2N5O2/c1-13(9-14-10-24-16-6-4-3-5-15(14)16)26-20(29)18-11-25-21(30-18)28-8-7-27(2)17(12-28)19(22)23/h3-6,10-11,13,17,19,24H,7-9,12H2,1-2H3,(H,26,29). The molecule has 1 fully saturated rings. The lowest BCUT2D eigenvalue weighted by Gasteiger charge is -2.38. The minimum atomic E-state index is -2.46. The van der Waals surface area contributed by atoms with Gasteiger partial charge in [0.25, 0.3) is 18.3 Å². The number of hydrogen-bond acceptors (Lipinski definition) is 5. The first-order valence-electron chi connectivity index (χ1n) is 9.97. The fourth-order valence-corrected chi connectivity index (χ4v) is 3.84. The monoisotopic (exact) mass is 417 g/mol. The number of hydrogen-bond donors (Lipinski definition) is 2. The fourth-order valence-electron chi connectivity index (χ4n) is 3.84. The molecule has 1 saturated heterocycles. The Labute approximate surface area is 173 Å². The van der Waals surface area contributed by atoms with Crippen molar-refractivity contribution in [3.05, 3.63) is 48.0 Å². The number of carbonyl (C=O) groups excluding carboxylic acids is 1. The third-order valence-electron chi connectivity index (χ3n) is 5.55. The van der Waals surface area contributed by atoms with Crippen molar-refractivity contribution in [3.63, 3.8) is 0 Å². The van der Waals surface area contributed by atoms with Crippen LogP contribution in [-0.4, -0.2) is 66.0 Å². The second-order valence-corrected chi connectivity index (χ2v) is 7.77. The summed E-state index contributed by atoms with van der Waals surface area (Å²) in [6.45, 7) is 3.01. The van der Waals surface area contributed by atoms with E-state index in [1.807, 2.05) is 37.4 Å². The highest BCUT2D eigenvalue weighted by Gasteiger charge is 2.33. The number of carbonyl (C=O) groups is 1. The van der Waals surface area contributed by atoms with Crippen LogP contribution in [-0.2, 0) is 6.42 Å². The van der Waals surface area contributed by atoms with E-state index in [0.717, 1.165) is 16.5 Å². The average Bonchev–Trinajstić information content (AvgIpc) is 3.36. The van der Waals surface area contributed by atoms with Crippen LogP contribution >= 0.6 is 0 Å². The van der Waals surface area contributed by atoms with Gasteiger partial charge in [-0.3, -0.25) is 9.69 Å². The van der Waals surface area contributed by atoms with E-state index in [0.29, 0.717) is 19.5 Å². The zero-order valence-electron chi connectivity index (χ0n) is 16.9. The molecule has 2 unspecified atom stereocenters. The molecule has 3 aromatic rings. The number of fused-ring (bicyclic) bond motifs is 1. The summed E-state index contributed by atoms with van der Waals surface area (Å²) < 4.78 is 32.0. The Morgan fingerprint density at radius 2 is 2.17 bits per heavy atom. The lowest BCUT2D eigenvalue weighted by molar-refractivity contribution is 0.0316. The number of piperazine rings is 1. The topological polar surface area (TPSA) is 77.4 Å². The van der Waals surface area contributed by atoms with Crippen LogP contribution in [0.5, 0.6) is 0 Å². The van der Waals surface area contributed by atoms with Gasteiger partial charge in [-0.15, -0.1) is 0 Å². The molecule has 0 saturated carbocycles. The number of para-hydroxylation sites is 1. The van der Waals surface area contributed by atoms with E-state index in [1.165, 1.54) is 6.20 Å². The minimum Gasteiger partial charge on any atom is -0.418 e. The fraction of sp³-hybridized carbons (Fsp3) is 0.429. The Kier molecular flexibility index (Phi) is 5.72. The van der Waals surface area contributed by atoms with Gasteiger partial charge in [-0.05, 0) is 32.0 Å². The third-order valence-corrected chi connectivity index (χ3v) is 5.55. The SMILES string of the molecule is CC(Cc1c[nH]c2ccccc12)NC(=O)c1cnc(N2CCN(C)C(C(F)F)C2)o1. The third kappa shape index (κ3) is 4.16. The van der Waals surface area contributed by atoms with E-state index >= 15 is 0 Å². The number of nitrogens with one attached hydrogen (secondary N) is 2. The predicted molar refractivity (Wildman–Crippen MR) is 110 cm³/mol. The van der Waals surface area contributed by atoms with Crippen LogP contribution in [0, 0.1) is 0 Å². The van der Waals surface area contributed by atoms with Crippen LogP contribution < -0.4 is 10.2 Å². The largest absolute Gasteiger partial charge is 0.418 e. The number of H-pyrrole nitrogens is 1. The second-order valence-electron chi connectivity index (χ2n) is 7.77. The molecule has 4 rings (SSSR count). The van der Waals surface area contributed by atoms with Crippen molar-refractivity contribution in [2.75, 3.05) is 31.6 Å². The summed E-state index contributed by atoms with van der Waals surface area (Å²) in [6.07, 6.45) is 1.50. The highest BCUT2D eigenvalue weighted by molar-refractivity contribution is 5.91. The zero-order valence-corrected chi connectivity index (χ0v) is 16.9. The van der Waals surface area contributed by atoms with Gasteiger partial charge >= 0.3 is 0 Å². The van der Waals surface area contributed by atoms with Gasteiger partial charge in [-0.25, -0.2) is 13.8 Å². The van der Waals surface area contributed by atoms with Gasteiger partial charge in [0.05, 0.1) is 12.2 Å². The smallest absolute Gasteiger partial charge is 0.298 e. The number of rotatable bonds is 6. The summed E-state index contributed by atoms with van der Waals surface area (Å²) in [5.74, 6) is -0.302. The molecule has 0 bridgehead atoms. The van der Waals surface area contributed by atoms with E-state index in [1.54, 1.807) is 16.8 Å². The zero-order chi connectivity index (χ0) is 21.3. The Bertz CT molecular complexity index is 1020. The summed E-state index contributed by atoms with van der Waals surface area (Å²) in [7, 11) is 1.68. The number of aromatic nitrogens is 2. The van der Waals surface area contributed by atoms with Gasteiger partial charge in [-0.2, -0.15) is 0 Å². The summed E-state index contributed by atoms with van der Waals surface area (Å²) in [4.78, 5) is 23.2. The van der Waals surface area contributed by atoms with Crippen molar-refractivity contribution in [1.29, 1.82) is 0 Å². The van der Waals surface area contributed by atoms with E-state index in [4.69, 9.17) is 4.42 Å². The normalized spacial score (nSPS) is 18.8. The first kappa shape index (κ1) is 20.3. The maximum atomic E-state index is 13.2. The van der Waals surface area contributed by atoms with Crippen LogP contribution in [0.2, 0.25) is 0 Å². The molecule has 0 spiro atoms. The molecule has 1 aromatic carbocycles. The van der Waals surface area contributed by atoms with E-state index in [-0.39, 0.29) is 30.3 Å². The molecule has 30 heavy (non-hydrogen) atoms. The molecule has 160 valence electrons. The Hall–Kier alpha value is -2.94. The van der Waals surface area contributed by atoms with Crippen molar-refractivity contribution in [2.45, 2.75) is 31.9 Å². The number of nitrogens with zero attached hydrogens (tertiary/aromatic N) is 3. The van der Waals surface area contributed by atoms with Crippen LogP contribution in [0.4, 0.5) is 14.8 Å². The van der Waals surface area contributed by atoms with Crippen LogP contribution in [0.1, 0.15) is 23.0 Å². The first-order valence-corrected chi connectivity index (χ1v) is 9.97. The van der Waals surface area contributed by atoms with Crippen molar-refractivity contribution in [1.82, 2.24) is 20.2 Å². The summed E-state index contributed by atoms with van der Waals surface area (Å²) >= 11 is 0. The van der Waals surface area contributed by atoms with Gasteiger partial charge in [-0.1, -0.05) is 18.2 Å². The van der Waals surface area contributed by atoms with Gasteiger partial charge in [0, 0.05) is 42.8 Å². The quantitative estimate of drug-likeness (QED) is 0.645. The first-order chi connectivity index (χ1) is 14.4. The van der Waals surface area contributed by atoms with E-state index in [2.05, 4.69) is 15.3 Å². The van der Waals surface area contributed by atoms with Gasteiger partial charge in [0.15, 0.2) is 0 Å². The summed E-state index contributed by atoms with van der Waals surface area (Å²) in [6, 6.07) is 7.19. The van der Waals surface area contributed by atoms with E-state index in [9.17, 15) is 13.6 Å². The molecule has 2 aromatic heterocycles. The molecular weight excluding hydrogens is 392 g/mol. The Morgan fingerprint density at radius 1 is 1.37 bits per heavy atom. The lowest BCUT2D eigenvalue weighted by Crippen LogP contribution is -2.54. The number of halogens is 2. The van der Waals surface area contributed by atoms with Crippen LogP contribution in [0.25, 0.3) is 10.9 Å².